The zero-order valence-corrected chi connectivity index (χ0v) is 13.2. The van der Waals surface area contributed by atoms with E-state index in [1.54, 1.807) is 6.07 Å². The van der Waals surface area contributed by atoms with Gasteiger partial charge in [0.25, 0.3) is 0 Å². The molecule has 0 spiro atoms. The SMILES string of the molecule is Fc1ccc(-c2noc(CCC3CCCCN3)n2)c(Br)c1. The molecule has 2 heterocycles. The number of nitrogens with zero attached hydrogens (tertiary/aromatic N) is 2. The Morgan fingerprint density at radius 2 is 2.29 bits per heavy atom. The third-order valence-electron chi connectivity index (χ3n) is 3.76. The maximum Gasteiger partial charge on any atom is 0.227 e. The first kappa shape index (κ1) is 14.7. The Morgan fingerprint density at radius 1 is 1.38 bits per heavy atom. The van der Waals surface area contributed by atoms with Gasteiger partial charge in [0.15, 0.2) is 0 Å². The molecular weight excluding hydrogens is 337 g/mol. The highest BCUT2D eigenvalue weighted by molar-refractivity contribution is 9.10. The predicted molar refractivity (Wildman–Crippen MR) is 81.4 cm³/mol. The van der Waals surface area contributed by atoms with Gasteiger partial charge in [-0.15, -0.1) is 0 Å². The number of hydrogen-bond acceptors (Lipinski definition) is 4. The van der Waals surface area contributed by atoms with Crippen molar-refractivity contribution in [1.82, 2.24) is 15.5 Å². The number of piperidine rings is 1. The monoisotopic (exact) mass is 353 g/mol. The van der Waals surface area contributed by atoms with Gasteiger partial charge in [-0.2, -0.15) is 4.98 Å². The molecule has 0 aliphatic carbocycles. The number of hydrogen-bond donors (Lipinski definition) is 1. The van der Waals surface area contributed by atoms with Crippen molar-refractivity contribution in [3.8, 4) is 11.4 Å². The lowest BCUT2D eigenvalue weighted by Crippen LogP contribution is -2.34. The summed E-state index contributed by atoms with van der Waals surface area (Å²) < 4.78 is 19.0. The quantitative estimate of drug-likeness (QED) is 0.909. The van der Waals surface area contributed by atoms with Crippen LogP contribution in [0.25, 0.3) is 11.4 Å². The largest absolute Gasteiger partial charge is 0.339 e. The molecule has 0 saturated carbocycles. The van der Waals surface area contributed by atoms with Crippen LogP contribution >= 0.6 is 15.9 Å². The first-order chi connectivity index (χ1) is 10.2. The van der Waals surface area contributed by atoms with Crippen LogP contribution in [0.3, 0.4) is 0 Å². The molecule has 1 saturated heterocycles. The Kier molecular flexibility index (Phi) is 4.65. The summed E-state index contributed by atoms with van der Waals surface area (Å²) in [7, 11) is 0. The van der Waals surface area contributed by atoms with Crippen LogP contribution < -0.4 is 5.32 Å². The van der Waals surface area contributed by atoms with Gasteiger partial charge in [0.1, 0.15) is 5.82 Å². The molecule has 1 fully saturated rings. The Labute approximate surface area is 131 Å². The van der Waals surface area contributed by atoms with Crippen molar-refractivity contribution in [3.05, 3.63) is 34.4 Å². The highest BCUT2D eigenvalue weighted by Gasteiger charge is 2.16. The summed E-state index contributed by atoms with van der Waals surface area (Å²) in [4.78, 5) is 4.40. The Bertz CT molecular complexity index is 611. The van der Waals surface area contributed by atoms with Gasteiger partial charge in [0.2, 0.25) is 11.7 Å². The molecule has 0 amide bonds. The number of benzene rings is 1. The van der Waals surface area contributed by atoms with Crippen molar-refractivity contribution in [3.63, 3.8) is 0 Å². The highest BCUT2D eigenvalue weighted by atomic mass is 79.9. The summed E-state index contributed by atoms with van der Waals surface area (Å²) in [6.07, 6.45) is 5.54. The van der Waals surface area contributed by atoms with E-state index >= 15 is 0 Å². The first-order valence-corrected chi connectivity index (χ1v) is 8.03. The van der Waals surface area contributed by atoms with Gasteiger partial charge in [-0.25, -0.2) is 4.39 Å². The van der Waals surface area contributed by atoms with Gasteiger partial charge in [-0.1, -0.05) is 11.6 Å². The third-order valence-corrected chi connectivity index (χ3v) is 4.42. The lowest BCUT2D eigenvalue weighted by Gasteiger charge is -2.22. The summed E-state index contributed by atoms with van der Waals surface area (Å²) in [6.45, 7) is 1.10. The summed E-state index contributed by atoms with van der Waals surface area (Å²) in [6, 6.07) is 4.99. The Morgan fingerprint density at radius 3 is 3.05 bits per heavy atom. The van der Waals surface area contributed by atoms with Crippen molar-refractivity contribution in [2.24, 2.45) is 0 Å². The van der Waals surface area contributed by atoms with E-state index in [4.69, 9.17) is 4.52 Å². The Balaban J connectivity index is 1.65. The fraction of sp³-hybridized carbons (Fsp3) is 0.467. The maximum atomic E-state index is 13.1. The van der Waals surface area contributed by atoms with Gasteiger partial charge < -0.3 is 9.84 Å². The van der Waals surface area contributed by atoms with Gasteiger partial charge in [0, 0.05) is 22.5 Å². The molecule has 6 heteroatoms. The van der Waals surface area contributed by atoms with Crippen molar-refractivity contribution >= 4 is 15.9 Å². The third kappa shape index (κ3) is 3.68. The van der Waals surface area contributed by atoms with Crippen molar-refractivity contribution in [1.29, 1.82) is 0 Å². The molecule has 1 unspecified atom stereocenters. The van der Waals surface area contributed by atoms with Gasteiger partial charge in [-0.05, 0) is 59.9 Å². The van der Waals surface area contributed by atoms with Crippen LogP contribution in [0, 0.1) is 5.82 Å². The molecule has 1 aromatic carbocycles. The minimum atomic E-state index is -0.294. The molecule has 1 aromatic heterocycles. The van der Waals surface area contributed by atoms with Crippen molar-refractivity contribution in [2.45, 2.75) is 38.1 Å². The van der Waals surface area contributed by atoms with Gasteiger partial charge in [-0.3, -0.25) is 0 Å². The van der Waals surface area contributed by atoms with E-state index in [1.165, 1.54) is 31.4 Å². The number of aromatic nitrogens is 2. The molecule has 1 aliphatic heterocycles. The highest BCUT2D eigenvalue weighted by Crippen LogP contribution is 2.27. The van der Waals surface area contributed by atoms with Crippen LogP contribution in [0.4, 0.5) is 4.39 Å². The summed E-state index contributed by atoms with van der Waals surface area (Å²) in [5.41, 5.74) is 0.738. The van der Waals surface area contributed by atoms with E-state index in [0.717, 1.165) is 24.9 Å². The lowest BCUT2D eigenvalue weighted by molar-refractivity contribution is 0.342. The normalized spacial score (nSPS) is 18.9. The van der Waals surface area contributed by atoms with E-state index in [-0.39, 0.29) is 5.82 Å². The van der Waals surface area contributed by atoms with E-state index in [9.17, 15) is 4.39 Å². The second-order valence-corrected chi connectivity index (χ2v) is 6.18. The Hall–Kier alpha value is -1.27. The van der Waals surface area contributed by atoms with Crippen LogP contribution in [0.15, 0.2) is 27.2 Å². The second kappa shape index (κ2) is 6.66. The van der Waals surface area contributed by atoms with Crippen LogP contribution in [0.2, 0.25) is 0 Å². The molecule has 3 rings (SSSR count). The molecule has 1 N–H and O–H groups in total. The van der Waals surface area contributed by atoms with E-state index < -0.39 is 0 Å². The average Bonchev–Trinajstić information content (AvgIpc) is 2.95. The van der Waals surface area contributed by atoms with Crippen LogP contribution in [0.1, 0.15) is 31.6 Å². The van der Waals surface area contributed by atoms with Gasteiger partial charge in [0.05, 0.1) is 0 Å². The predicted octanol–water partition coefficient (Wildman–Crippen LogP) is 3.71. The van der Waals surface area contributed by atoms with E-state index in [1.807, 2.05) is 0 Å². The fourth-order valence-electron chi connectivity index (χ4n) is 2.60. The van der Waals surface area contributed by atoms with Crippen molar-refractivity contribution in [2.75, 3.05) is 6.54 Å². The van der Waals surface area contributed by atoms with Crippen molar-refractivity contribution < 1.29 is 8.91 Å². The van der Waals surface area contributed by atoms with Crippen LogP contribution in [-0.2, 0) is 6.42 Å². The van der Waals surface area contributed by atoms with Crippen LogP contribution in [0.5, 0.6) is 0 Å². The molecule has 1 atom stereocenters. The summed E-state index contributed by atoms with van der Waals surface area (Å²) in [5, 5.41) is 7.49. The second-order valence-electron chi connectivity index (χ2n) is 5.32. The molecule has 1 aliphatic rings. The average molecular weight is 354 g/mol. The smallest absolute Gasteiger partial charge is 0.227 e. The fourth-order valence-corrected chi connectivity index (χ4v) is 3.13. The molecule has 21 heavy (non-hydrogen) atoms. The molecule has 4 nitrogen and oxygen atoms in total. The first-order valence-electron chi connectivity index (χ1n) is 7.24. The zero-order valence-electron chi connectivity index (χ0n) is 11.6. The summed E-state index contributed by atoms with van der Waals surface area (Å²) in [5.74, 6) is 0.833. The molecule has 112 valence electrons. The minimum absolute atomic E-state index is 0.294. The molecular formula is C15H17BrFN3O. The lowest BCUT2D eigenvalue weighted by atomic mass is 10.0. The standard InChI is InChI=1S/C15H17BrFN3O/c16-13-9-10(17)4-6-12(13)15-19-14(21-20-15)7-5-11-3-1-2-8-18-11/h4,6,9,11,18H,1-3,5,7-8H2. The number of aryl methyl sites for hydroxylation is 1. The molecule has 0 radical (unpaired) electrons. The van der Waals surface area contributed by atoms with Crippen LogP contribution in [-0.4, -0.2) is 22.7 Å². The maximum absolute atomic E-state index is 13.1. The number of rotatable bonds is 4. The van der Waals surface area contributed by atoms with E-state index in [2.05, 4.69) is 31.4 Å². The topological polar surface area (TPSA) is 51.0 Å². The van der Waals surface area contributed by atoms with E-state index in [0.29, 0.717) is 22.2 Å². The van der Waals surface area contributed by atoms with Gasteiger partial charge >= 0.3 is 0 Å². The number of nitrogens with one attached hydrogen (secondary N) is 1. The summed E-state index contributed by atoms with van der Waals surface area (Å²) >= 11 is 3.32. The zero-order chi connectivity index (χ0) is 14.7. The molecule has 2 aromatic rings. The number of halogens is 2. The minimum Gasteiger partial charge on any atom is -0.339 e. The molecule has 0 bridgehead atoms.